The van der Waals surface area contributed by atoms with Crippen molar-refractivity contribution in [1.82, 2.24) is 0 Å². The molecule has 0 N–H and O–H groups in total. The van der Waals surface area contributed by atoms with Crippen LogP contribution in [0.5, 0.6) is 0 Å². The van der Waals surface area contributed by atoms with Gasteiger partial charge in [0.15, 0.2) is 5.78 Å². The molecular formula is C33H30O. The standard InChI is InChI=1S/C33H30O/c1-6-24(3)18-19-25(4)26(5)20-27(7-2)33(34)32-22-30(28-14-10-8-11-15-28)21-31(23-32)29-16-12-9-13-17-29/h6-23H,1,3-4H2,2,5H3. The van der Waals surface area contributed by atoms with Crippen LogP contribution in [-0.2, 0) is 0 Å². The normalized spacial score (nSPS) is 11.9. The molecule has 168 valence electrons. The third-order valence-electron chi connectivity index (χ3n) is 5.62. The molecule has 3 rings (SSSR count). The zero-order valence-electron chi connectivity index (χ0n) is 19.9. The van der Waals surface area contributed by atoms with Gasteiger partial charge in [0.1, 0.15) is 0 Å². The highest BCUT2D eigenvalue weighted by molar-refractivity contribution is 6.11. The van der Waals surface area contributed by atoms with E-state index in [-0.39, 0.29) is 5.78 Å². The first-order valence-corrected chi connectivity index (χ1v) is 11.3. The van der Waals surface area contributed by atoms with E-state index in [2.05, 4.69) is 50.1 Å². The second kappa shape index (κ2) is 11.6. The van der Waals surface area contributed by atoms with Gasteiger partial charge in [0.05, 0.1) is 0 Å². The lowest BCUT2D eigenvalue weighted by molar-refractivity contribution is 0.103. The van der Waals surface area contributed by atoms with Crippen molar-refractivity contribution < 1.29 is 4.79 Å². The van der Waals surface area contributed by atoms with Crippen LogP contribution < -0.4 is 0 Å². The fourth-order valence-electron chi connectivity index (χ4n) is 3.53. The molecule has 3 aromatic carbocycles. The van der Waals surface area contributed by atoms with E-state index in [1.165, 1.54) is 0 Å². The molecule has 0 heterocycles. The summed E-state index contributed by atoms with van der Waals surface area (Å²) < 4.78 is 0. The van der Waals surface area contributed by atoms with Crippen LogP contribution in [0.1, 0.15) is 24.2 Å². The van der Waals surface area contributed by atoms with Crippen molar-refractivity contribution in [1.29, 1.82) is 0 Å². The molecule has 0 aliphatic rings. The number of Topliss-reactive ketones (excluding diaryl/α,β-unsaturated/α-hetero) is 1. The van der Waals surface area contributed by atoms with E-state index in [0.29, 0.717) is 11.1 Å². The Bertz CT molecular complexity index is 1240. The minimum atomic E-state index is -0.0240. The van der Waals surface area contributed by atoms with Crippen molar-refractivity contribution in [3.8, 4) is 22.3 Å². The van der Waals surface area contributed by atoms with E-state index in [0.717, 1.165) is 39.0 Å². The lowest BCUT2D eigenvalue weighted by Crippen LogP contribution is -2.03. The van der Waals surface area contributed by atoms with E-state index >= 15 is 0 Å². The summed E-state index contributed by atoms with van der Waals surface area (Å²) in [6.07, 6.45) is 9.18. The molecule has 1 heteroatoms. The summed E-state index contributed by atoms with van der Waals surface area (Å²) in [5.74, 6) is -0.0240. The summed E-state index contributed by atoms with van der Waals surface area (Å²) in [4.78, 5) is 13.6. The van der Waals surface area contributed by atoms with Gasteiger partial charge in [-0.3, -0.25) is 4.79 Å². The van der Waals surface area contributed by atoms with Crippen LogP contribution in [0.25, 0.3) is 22.3 Å². The highest BCUT2D eigenvalue weighted by Crippen LogP contribution is 2.30. The van der Waals surface area contributed by atoms with Crippen molar-refractivity contribution in [2.45, 2.75) is 13.8 Å². The molecule has 0 amide bonds. The molecule has 0 spiro atoms. The van der Waals surface area contributed by atoms with Gasteiger partial charge in [0.2, 0.25) is 0 Å². The van der Waals surface area contributed by atoms with Crippen LogP contribution in [0.4, 0.5) is 0 Å². The van der Waals surface area contributed by atoms with E-state index in [9.17, 15) is 4.79 Å². The smallest absolute Gasteiger partial charge is 0.192 e. The van der Waals surface area contributed by atoms with Crippen LogP contribution >= 0.6 is 0 Å². The molecule has 0 unspecified atom stereocenters. The maximum atomic E-state index is 13.6. The number of rotatable bonds is 9. The number of carbonyl (C=O) groups excluding carboxylic acids is 1. The zero-order chi connectivity index (χ0) is 24.5. The zero-order valence-corrected chi connectivity index (χ0v) is 19.9. The molecule has 0 radical (unpaired) electrons. The Kier molecular flexibility index (Phi) is 8.32. The fourth-order valence-corrected chi connectivity index (χ4v) is 3.53. The van der Waals surface area contributed by atoms with E-state index < -0.39 is 0 Å². The summed E-state index contributed by atoms with van der Waals surface area (Å²) in [5, 5.41) is 0. The number of ketones is 1. The average Bonchev–Trinajstić information content (AvgIpc) is 2.90. The van der Waals surface area contributed by atoms with E-state index in [1.807, 2.05) is 86.7 Å². The second-order valence-electron chi connectivity index (χ2n) is 8.07. The highest BCUT2D eigenvalue weighted by Gasteiger charge is 2.14. The Morgan fingerprint density at radius 1 is 0.765 bits per heavy atom. The minimum absolute atomic E-state index is 0.0240. The molecule has 0 saturated heterocycles. The Morgan fingerprint density at radius 2 is 1.29 bits per heavy atom. The average molecular weight is 443 g/mol. The largest absolute Gasteiger partial charge is 0.289 e. The number of hydrogen-bond acceptors (Lipinski definition) is 1. The van der Waals surface area contributed by atoms with Gasteiger partial charge in [-0.15, -0.1) is 0 Å². The Morgan fingerprint density at radius 3 is 1.76 bits per heavy atom. The Balaban J connectivity index is 2.02. The van der Waals surface area contributed by atoms with Gasteiger partial charge < -0.3 is 0 Å². The van der Waals surface area contributed by atoms with Gasteiger partial charge in [-0.05, 0) is 77.1 Å². The number of allylic oxidation sites excluding steroid dienone is 9. The quantitative estimate of drug-likeness (QED) is 0.184. The molecule has 3 aromatic rings. The van der Waals surface area contributed by atoms with Gasteiger partial charge in [-0.1, -0.05) is 105 Å². The first kappa shape index (κ1) is 24.4. The van der Waals surface area contributed by atoms with E-state index in [4.69, 9.17) is 0 Å². The maximum absolute atomic E-state index is 13.6. The molecule has 34 heavy (non-hydrogen) atoms. The predicted octanol–water partition coefficient (Wildman–Crippen LogP) is 8.95. The monoisotopic (exact) mass is 442 g/mol. The molecule has 0 aromatic heterocycles. The van der Waals surface area contributed by atoms with Crippen molar-refractivity contribution in [3.63, 3.8) is 0 Å². The molecule has 0 aliphatic heterocycles. The predicted molar refractivity (Wildman–Crippen MR) is 147 cm³/mol. The van der Waals surface area contributed by atoms with Crippen molar-refractivity contribution >= 4 is 5.78 Å². The van der Waals surface area contributed by atoms with Gasteiger partial charge in [-0.25, -0.2) is 0 Å². The number of benzene rings is 3. The molecular weight excluding hydrogens is 412 g/mol. The summed E-state index contributed by atoms with van der Waals surface area (Å²) in [6.45, 7) is 15.6. The molecule has 0 saturated carbocycles. The topological polar surface area (TPSA) is 17.1 Å². The third kappa shape index (κ3) is 6.17. The van der Waals surface area contributed by atoms with Crippen molar-refractivity contribution in [2.24, 2.45) is 0 Å². The van der Waals surface area contributed by atoms with Gasteiger partial charge in [0.25, 0.3) is 0 Å². The molecule has 0 bridgehead atoms. The Hall–Kier alpha value is -4.23. The van der Waals surface area contributed by atoms with Crippen LogP contribution in [-0.4, -0.2) is 5.78 Å². The molecule has 0 fully saturated rings. The van der Waals surface area contributed by atoms with Crippen LogP contribution in [0, 0.1) is 0 Å². The molecule has 0 aliphatic carbocycles. The fraction of sp³-hybridized carbons (Fsp3) is 0.0606. The first-order chi connectivity index (χ1) is 16.4. The second-order valence-corrected chi connectivity index (χ2v) is 8.07. The summed E-state index contributed by atoms with van der Waals surface area (Å²) in [7, 11) is 0. The van der Waals surface area contributed by atoms with Gasteiger partial charge in [-0.2, -0.15) is 0 Å². The van der Waals surface area contributed by atoms with Crippen LogP contribution in [0.2, 0.25) is 0 Å². The lowest BCUT2D eigenvalue weighted by atomic mass is 9.92. The lowest BCUT2D eigenvalue weighted by Gasteiger charge is -2.11. The number of hydrogen-bond donors (Lipinski definition) is 0. The minimum Gasteiger partial charge on any atom is -0.289 e. The van der Waals surface area contributed by atoms with E-state index in [1.54, 1.807) is 6.08 Å². The Labute approximate surface area is 203 Å². The summed E-state index contributed by atoms with van der Waals surface area (Å²) in [5.41, 5.74) is 7.98. The first-order valence-electron chi connectivity index (χ1n) is 11.3. The van der Waals surface area contributed by atoms with Crippen LogP contribution in [0.15, 0.2) is 151 Å². The van der Waals surface area contributed by atoms with Crippen molar-refractivity contribution in [2.75, 3.05) is 0 Å². The van der Waals surface area contributed by atoms with Crippen molar-refractivity contribution in [3.05, 3.63) is 157 Å². The summed E-state index contributed by atoms with van der Waals surface area (Å²) >= 11 is 0. The molecule has 1 nitrogen and oxygen atoms in total. The van der Waals surface area contributed by atoms with Crippen LogP contribution in [0.3, 0.4) is 0 Å². The highest BCUT2D eigenvalue weighted by atomic mass is 16.1. The van der Waals surface area contributed by atoms with Gasteiger partial charge in [0, 0.05) is 11.1 Å². The maximum Gasteiger partial charge on any atom is 0.192 e. The molecule has 0 atom stereocenters. The van der Waals surface area contributed by atoms with Gasteiger partial charge >= 0.3 is 0 Å². The number of carbonyl (C=O) groups is 1. The summed E-state index contributed by atoms with van der Waals surface area (Å²) in [6, 6.07) is 26.4. The third-order valence-corrected chi connectivity index (χ3v) is 5.62. The SMILES string of the molecule is C=CC(=C)C=CC(=C)C(C)=CC(=CC)C(=O)c1cc(-c2ccccc2)cc(-c2ccccc2)c1.